The van der Waals surface area contributed by atoms with E-state index in [1.807, 2.05) is 0 Å². The minimum atomic E-state index is -1.07. The molecule has 0 spiro atoms. The molecule has 0 aliphatic heterocycles. The van der Waals surface area contributed by atoms with E-state index in [-0.39, 0.29) is 35.5 Å². The van der Waals surface area contributed by atoms with E-state index in [9.17, 15) is 2.74 Å². The summed E-state index contributed by atoms with van der Waals surface area (Å²) in [7, 11) is 0. The average molecular weight is 584 g/mol. The number of fused-ring (bicyclic) bond motifs is 7. The van der Waals surface area contributed by atoms with E-state index in [1.165, 1.54) is 0 Å². The maximum atomic E-state index is 9.67. The third-order valence-corrected chi connectivity index (χ3v) is 8.16. The normalized spacial score (nSPS) is 19.1. The molecule has 0 amide bonds. The summed E-state index contributed by atoms with van der Waals surface area (Å²) in [5.41, 5.74) is -1.86. The molecule has 0 aliphatic rings. The topological polar surface area (TPSA) is 38.7 Å². The van der Waals surface area contributed by atoms with E-state index in [0.717, 1.165) is 0 Å². The summed E-state index contributed by atoms with van der Waals surface area (Å²) in [6, 6.07) is -14.8. The summed E-state index contributed by atoms with van der Waals surface area (Å²) in [5, 5.41) is -1.27. The number of nitrogens with zero attached hydrogens (tertiary/aromatic N) is 3. The van der Waals surface area contributed by atoms with E-state index >= 15 is 0 Å². The fraction of sp³-hybridized carbons (Fsp3) is 0. The second-order valence-electron chi connectivity index (χ2n) is 8.07. The third kappa shape index (κ3) is 3.77. The Hall–Kier alpha value is -4.63. The Bertz CT molecular complexity index is 3200. The van der Waals surface area contributed by atoms with Gasteiger partial charge in [0, 0.05) is 0 Å². The van der Waals surface area contributed by atoms with Gasteiger partial charge < -0.3 is 0 Å². The summed E-state index contributed by atoms with van der Waals surface area (Å²) < 4.78 is 182. The molecule has 0 unspecified atom stereocenters. The zero-order valence-corrected chi connectivity index (χ0v) is 21.0. The van der Waals surface area contributed by atoms with Gasteiger partial charge in [0.25, 0.3) is 0 Å². The first kappa shape index (κ1) is 9.84. The second-order valence-corrected chi connectivity index (χ2v) is 10.2. The van der Waals surface area contributed by atoms with Gasteiger partial charge in [-0.15, -0.1) is 0 Å². The molecular weight excluding hydrogens is 541 g/mol. The standard InChI is InChI=1S/C35H21N3Se/c1-3-9-24(10-4-1)33-36-34(25-11-5-2-6-12-25)38-35(37-33)26-18-16-22-15-17-23-19-20-28-27-13-7-8-14-30(27)39-32(28)31(23)29(22)21-26/h1-21H/i1D,2D,3D,4D,5D,6D,7D,8D,9D,10D,11D,12D,13D,14D,15D,16D,17D,18D,19D,20D,21D. The molecule has 39 heavy (non-hydrogen) atoms. The fourth-order valence-electron chi connectivity index (χ4n) is 4.11. The molecule has 0 bridgehead atoms. The summed E-state index contributed by atoms with van der Waals surface area (Å²) >= 11 is -1.07. The van der Waals surface area contributed by atoms with Crippen LogP contribution < -0.4 is 0 Å². The van der Waals surface area contributed by atoms with Gasteiger partial charge in [-0.2, -0.15) is 0 Å². The fourth-order valence-corrected chi connectivity index (χ4v) is 6.46. The van der Waals surface area contributed by atoms with Crippen molar-refractivity contribution in [3.8, 4) is 34.2 Å². The zero-order valence-electron chi connectivity index (χ0n) is 40.2. The van der Waals surface area contributed by atoms with Crippen molar-refractivity contribution in [1.82, 2.24) is 15.0 Å². The SMILES string of the molecule is [2H]c1c([2H])c([2H])c(-c2nc(-c3c([2H])c([2H])c([2H])c([2H])c3[2H])nc(-c3c([2H])c([2H])c4c([2H])c([2H])c5c([2H])c([2H])c6c([se]c7c([2H])c([2H])c([2H])c([2H])c76)c5c4c3[2H])n2)c([2H])c1[2H]. The van der Waals surface area contributed by atoms with E-state index in [2.05, 4.69) is 15.0 Å². The molecule has 182 valence electrons. The van der Waals surface area contributed by atoms with Crippen LogP contribution in [-0.4, -0.2) is 29.5 Å². The Balaban J connectivity index is 1.62. The molecule has 0 aliphatic carbocycles. The predicted octanol–water partition coefficient (Wildman–Crippen LogP) is 8.54. The van der Waals surface area contributed by atoms with Crippen LogP contribution in [0.15, 0.2) is 127 Å². The van der Waals surface area contributed by atoms with Gasteiger partial charge in [-0.05, 0) is 0 Å². The van der Waals surface area contributed by atoms with Gasteiger partial charge in [0.05, 0.1) is 2.74 Å². The van der Waals surface area contributed by atoms with E-state index in [0.29, 0.717) is 0 Å². The minimum absolute atomic E-state index is 0.0509. The molecule has 2 aromatic heterocycles. The molecule has 3 nitrogen and oxygen atoms in total. The Morgan fingerprint density at radius 2 is 1.03 bits per heavy atom. The van der Waals surface area contributed by atoms with Crippen molar-refractivity contribution in [2.24, 2.45) is 0 Å². The molecule has 8 aromatic rings. The van der Waals surface area contributed by atoms with Gasteiger partial charge in [-0.3, -0.25) is 0 Å². The maximum absolute atomic E-state index is 9.67. The van der Waals surface area contributed by atoms with Crippen LogP contribution in [0.3, 0.4) is 0 Å². The Labute approximate surface area is 260 Å². The molecule has 0 saturated heterocycles. The zero-order chi connectivity index (χ0) is 44.0. The van der Waals surface area contributed by atoms with Crippen molar-refractivity contribution in [3.63, 3.8) is 0 Å². The molecule has 0 fully saturated rings. The van der Waals surface area contributed by atoms with Crippen LogP contribution in [0.25, 0.3) is 75.0 Å². The number of hydrogen-bond donors (Lipinski definition) is 0. The molecule has 0 saturated carbocycles. The molecule has 0 atom stereocenters. The number of rotatable bonds is 3. The predicted molar refractivity (Wildman–Crippen MR) is 163 cm³/mol. The van der Waals surface area contributed by atoms with Crippen LogP contribution in [0.5, 0.6) is 0 Å². The van der Waals surface area contributed by atoms with Crippen LogP contribution in [0, 0.1) is 0 Å². The molecule has 6 aromatic carbocycles. The van der Waals surface area contributed by atoms with Gasteiger partial charge in [-0.1, -0.05) is 0 Å². The Morgan fingerprint density at radius 3 is 1.74 bits per heavy atom. The molecule has 0 N–H and O–H groups in total. The first-order valence-electron chi connectivity index (χ1n) is 21.7. The summed E-state index contributed by atoms with van der Waals surface area (Å²) in [6.45, 7) is 0. The van der Waals surface area contributed by atoms with Crippen LogP contribution in [0.2, 0.25) is 0 Å². The molecular formula is C35H21N3Se. The first-order valence-corrected chi connectivity index (χ1v) is 13.0. The summed E-state index contributed by atoms with van der Waals surface area (Å²) in [5.74, 6) is -2.11. The number of aromatic nitrogens is 3. The molecule has 2 heterocycles. The van der Waals surface area contributed by atoms with Gasteiger partial charge >= 0.3 is 257 Å². The molecule has 0 radical (unpaired) electrons. The van der Waals surface area contributed by atoms with E-state index in [4.69, 9.17) is 26.0 Å². The van der Waals surface area contributed by atoms with Crippen molar-refractivity contribution >= 4 is 55.3 Å². The van der Waals surface area contributed by atoms with Crippen molar-refractivity contribution in [2.45, 2.75) is 0 Å². The van der Waals surface area contributed by atoms with Crippen LogP contribution in [-0.2, 0) is 0 Å². The van der Waals surface area contributed by atoms with Gasteiger partial charge in [-0.25, -0.2) is 0 Å². The molecule has 8 rings (SSSR count). The Kier molecular flexibility index (Phi) is 2.27. The van der Waals surface area contributed by atoms with E-state index < -0.39 is 181 Å². The van der Waals surface area contributed by atoms with Crippen LogP contribution in [0.1, 0.15) is 28.8 Å². The van der Waals surface area contributed by atoms with Gasteiger partial charge in [0.15, 0.2) is 0 Å². The monoisotopic (exact) mass is 584 g/mol. The molecule has 4 heteroatoms. The average Bonchev–Trinajstić information content (AvgIpc) is 3.62. The second kappa shape index (κ2) is 8.99. The quantitative estimate of drug-likeness (QED) is 0.155. The Morgan fingerprint density at radius 1 is 0.462 bits per heavy atom. The van der Waals surface area contributed by atoms with E-state index in [1.54, 1.807) is 0 Å². The third-order valence-electron chi connectivity index (χ3n) is 5.81. The summed E-state index contributed by atoms with van der Waals surface area (Å²) in [4.78, 5) is 12.9. The number of benzene rings is 6. The van der Waals surface area contributed by atoms with Crippen molar-refractivity contribution in [1.29, 1.82) is 0 Å². The van der Waals surface area contributed by atoms with Gasteiger partial charge in [0.2, 0.25) is 0 Å². The van der Waals surface area contributed by atoms with Crippen LogP contribution in [0.4, 0.5) is 0 Å². The van der Waals surface area contributed by atoms with Crippen LogP contribution >= 0.6 is 0 Å². The van der Waals surface area contributed by atoms with Crippen molar-refractivity contribution in [3.05, 3.63) is 127 Å². The van der Waals surface area contributed by atoms with Gasteiger partial charge in [0.1, 0.15) is 0 Å². The van der Waals surface area contributed by atoms with Crippen molar-refractivity contribution in [2.75, 3.05) is 0 Å². The van der Waals surface area contributed by atoms with Crippen molar-refractivity contribution < 1.29 is 28.8 Å². The number of hydrogen-bond acceptors (Lipinski definition) is 3. The summed E-state index contributed by atoms with van der Waals surface area (Å²) in [6.07, 6.45) is 0. The first-order chi connectivity index (χ1) is 28.1.